The number of hydrogen-bond donors (Lipinski definition) is 2. The highest BCUT2D eigenvalue weighted by molar-refractivity contribution is 6.04. The Kier molecular flexibility index (Phi) is 5.71. The van der Waals surface area contributed by atoms with Crippen molar-refractivity contribution >= 4 is 23.4 Å². The van der Waals surface area contributed by atoms with Crippen LogP contribution in [0.2, 0.25) is 0 Å². The van der Waals surface area contributed by atoms with E-state index in [4.69, 9.17) is 0 Å². The van der Waals surface area contributed by atoms with Crippen LogP contribution in [0.3, 0.4) is 0 Å². The van der Waals surface area contributed by atoms with Crippen molar-refractivity contribution in [1.29, 1.82) is 0 Å². The minimum absolute atomic E-state index is 0.0903. The van der Waals surface area contributed by atoms with Gasteiger partial charge in [-0.15, -0.1) is 6.58 Å². The minimum Gasteiger partial charge on any atom is -0.349 e. The third kappa shape index (κ3) is 4.31. The van der Waals surface area contributed by atoms with Gasteiger partial charge in [0.15, 0.2) is 0 Å². The predicted octanol–water partition coefficient (Wildman–Crippen LogP) is 2.19. The molecule has 3 amide bonds. The maximum atomic E-state index is 12.6. The first-order valence-corrected chi connectivity index (χ1v) is 9.18. The number of benzene rings is 1. The Balaban J connectivity index is 1.57. The van der Waals surface area contributed by atoms with Crippen molar-refractivity contribution in [2.75, 3.05) is 25.0 Å². The van der Waals surface area contributed by atoms with Gasteiger partial charge >= 0.3 is 0 Å². The highest BCUT2D eigenvalue weighted by Crippen LogP contribution is 2.32. The van der Waals surface area contributed by atoms with Gasteiger partial charge in [-0.3, -0.25) is 14.4 Å². The van der Waals surface area contributed by atoms with Crippen LogP contribution in [-0.2, 0) is 9.59 Å². The molecule has 1 saturated heterocycles. The molecule has 2 fully saturated rings. The first-order valence-electron chi connectivity index (χ1n) is 9.18. The molecular weight excluding hydrogens is 330 g/mol. The number of anilines is 1. The fourth-order valence-electron chi connectivity index (χ4n) is 3.24. The first kappa shape index (κ1) is 18.2. The maximum Gasteiger partial charge on any atom is 0.253 e. The summed E-state index contributed by atoms with van der Waals surface area (Å²) >= 11 is 0. The molecular formula is C20H25N3O3. The van der Waals surface area contributed by atoms with Crippen LogP contribution in [0.1, 0.15) is 36.0 Å². The molecule has 1 aliphatic heterocycles. The van der Waals surface area contributed by atoms with Crippen molar-refractivity contribution in [3.8, 4) is 0 Å². The van der Waals surface area contributed by atoms with Crippen LogP contribution in [-0.4, -0.2) is 42.3 Å². The van der Waals surface area contributed by atoms with Crippen molar-refractivity contribution in [3.63, 3.8) is 0 Å². The van der Waals surface area contributed by atoms with E-state index in [1.807, 2.05) is 4.90 Å². The van der Waals surface area contributed by atoms with Crippen molar-refractivity contribution in [3.05, 3.63) is 42.5 Å². The number of carbonyl (C=O) groups excluding carboxylic acids is 3. The monoisotopic (exact) mass is 355 g/mol. The Bertz CT molecular complexity index is 704. The topological polar surface area (TPSA) is 78.5 Å². The van der Waals surface area contributed by atoms with Crippen LogP contribution in [0.5, 0.6) is 0 Å². The summed E-state index contributed by atoms with van der Waals surface area (Å²) < 4.78 is 0. The number of piperidine rings is 1. The van der Waals surface area contributed by atoms with E-state index in [0.717, 1.165) is 12.8 Å². The Morgan fingerprint density at radius 2 is 1.77 bits per heavy atom. The third-order valence-electron chi connectivity index (χ3n) is 4.94. The molecule has 138 valence electrons. The van der Waals surface area contributed by atoms with Crippen LogP contribution < -0.4 is 10.6 Å². The van der Waals surface area contributed by atoms with Crippen LogP contribution in [0.25, 0.3) is 0 Å². The van der Waals surface area contributed by atoms with E-state index in [2.05, 4.69) is 17.2 Å². The lowest BCUT2D eigenvalue weighted by Gasteiger charge is -2.31. The SMILES string of the molecule is C=CCNC(=O)c1ccccc1NC(=O)C1CCN(C(=O)C2CC2)CC1. The summed E-state index contributed by atoms with van der Waals surface area (Å²) in [5.74, 6) is -0.00453. The van der Waals surface area contributed by atoms with Gasteiger partial charge in [0.05, 0.1) is 11.3 Å². The largest absolute Gasteiger partial charge is 0.349 e. The van der Waals surface area contributed by atoms with Gasteiger partial charge in [0.1, 0.15) is 0 Å². The Morgan fingerprint density at radius 1 is 1.08 bits per heavy atom. The lowest BCUT2D eigenvalue weighted by molar-refractivity contribution is -0.135. The molecule has 1 heterocycles. The van der Waals surface area contributed by atoms with Gasteiger partial charge in [0.2, 0.25) is 11.8 Å². The van der Waals surface area contributed by atoms with E-state index in [9.17, 15) is 14.4 Å². The summed E-state index contributed by atoms with van der Waals surface area (Å²) in [6, 6.07) is 6.97. The number of hydrogen-bond acceptors (Lipinski definition) is 3. The predicted molar refractivity (Wildman–Crippen MR) is 99.6 cm³/mol. The lowest BCUT2D eigenvalue weighted by Crippen LogP contribution is -2.42. The van der Waals surface area contributed by atoms with Gasteiger partial charge in [-0.1, -0.05) is 18.2 Å². The van der Waals surface area contributed by atoms with E-state index in [1.54, 1.807) is 30.3 Å². The summed E-state index contributed by atoms with van der Waals surface area (Å²) in [5, 5.41) is 5.61. The van der Waals surface area contributed by atoms with Gasteiger partial charge in [-0.25, -0.2) is 0 Å². The molecule has 1 saturated carbocycles. The van der Waals surface area contributed by atoms with E-state index in [-0.39, 0.29) is 29.6 Å². The molecule has 3 rings (SSSR count). The van der Waals surface area contributed by atoms with Crippen molar-refractivity contribution in [1.82, 2.24) is 10.2 Å². The zero-order chi connectivity index (χ0) is 18.5. The molecule has 1 aliphatic carbocycles. The lowest BCUT2D eigenvalue weighted by atomic mass is 9.95. The molecule has 2 N–H and O–H groups in total. The molecule has 1 aromatic rings. The molecule has 0 unspecified atom stereocenters. The van der Waals surface area contributed by atoms with Crippen LogP contribution in [0.4, 0.5) is 5.69 Å². The highest BCUT2D eigenvalue weighted by atomic mass is 16.2. The molecule has 0 bridgehead atoms. The van der Waals surface area contributed by atoms with Crippen LogP contribution in [0, 0.1) is 11.8 Å². The molecule has 6 heteroatoms. The average Bonchev–Trinajstić information content (AvgIpc) is 3.51. The second kappa shape index (κ2) is 8.17. The smallest absolute Gasteiger partial charge is 0.253 e. The first-order chi connectivity index (χ1) is 12.6. The van der Waals surface area contributed by atoms with E-state index < -0.39 is 0 Å². The summed E-state index contributed by atoms with van der Waals surface area (Å²) in [4.78, 5) is 38.8. The fourth-order valence-corrected chi connectivity index (χ4v) is 3.24. The van der Waals surface area contributed by atoms with Crippen molar-refractivity contribution in [2.24, 2.45) is 11.8 Å². The number of rotatable bonds is 6. The normalized spacial score (nSPS) is 17.5. The van der Waals surface area contributed by atoms with E-state index in [0.29, 0.717) is 43.7 Å². The molecule has 1 aromatic carbocycles. The number of carbonyl (C=O) groups is 3. The van der Waals surface area contributed by atoms with E-state index in [1.165, 1.54) is 0 Å². The average molecular weight is 355 g/mol. The number of nitrogens with zero attached hydrogens (tertiary/aromatic N) is 1. The number of nitrogens with one attached hydrogen (secondary N) is 2. The van der Waals surface area contributed by atoms with E-state index >= 15 is 0 Å². The molecule has 0 aromatic heterocycles. The third-order valence-corrected chi connectivity index (χ3v) is 4.94. The zero-order valence-electron chi connectivity index (χ0n) is 14.9. The molecule has 26 heavy (non-hydrogen) atoms. The molecule has 0 spiro atoms. The van der Waals surface area contributed by atoms with Gasteiger partial charge in [-0.05, 0) is 37.8 Å². The second-order valence-electron chi connectivity index (χ2n) is 6.91. The molecule has 6 nitrogen and oxygen atoms in total. The fraction of sp³-hybridized carbons (Fsp3) is 0.450. The van der Waals surface area contributed by atoms with Gasteiger partial charge in [-0.2, -0.15) is 0 Å². The van der Waals surface area contributed by atoms with Gasteiger partial charge < -0.3 is 15.5 Å². The van der Waals surface area contributed by atoms with Gasteiger partial charge in [0.25, 0.3) is 5.91 Å². The van der Waals surface area contributed by atoms with Crippen molar-refractivity contribution in [2.45, 2.75) is 25.7 Å². The Labute approximate surface area is 153 Å². The second-order valence-corrected chi connectivity index (χ2v) is 6.91. The molecule has 2 aliphatic rings. The number of amides is 3. The minimum atomic E-state index is -0.245. The van der Waals surface area contributed by atoms with Crippen molar-refractivity contribution < 1.29 is 14.4 Å². The molecule has 0 atom stereocenters. The number of likely N-dealkylation sites (tertiary alicyclic amines) is 1. The zero-order valence-corrected chi connectivity index (χ0v) is 14.9. The van der Waals surface area contributed by atoms with Crippen LogP contribution in [0.15, 0.2) is 36.9 Å². The highest BCUT2D eigenvalue weighted by Gasteiger charge is 2.36. The quantitative estimate of drug-likeness (QED) is 0.768. The van der Waals surface area contributed by atoms with Gasteiger partial charge in [0, 0.05) is 31.5 Å². The van der Waals surface area contributed by atoms with Crippen LogP contribution >= 0.6 is 0 Å². The summed E-state index contributed by atoms with van der Waals surface area (Å²) in [6.07, 6.45) is 4.94. The number of para-hydroxylation sites is 1. The Hall–Kier alpha value is -2.63. The molecule has 0 radical (unpaired) electrons. The standard InChI is InChI=1S/C20H25N3O3/c1-2-11-21-19(25)16-5-3-4-6-17(16)22-18(24)14-9-12-23(13-10-14)20(26)15-7-8-15/h2-6,14-15H,1,7-13H2,(H,21,25)(H,22,24). The summed E-state index contributed by atoms with van der Waals surface area (Å²) in [7, 11) is 0. The summed E-state index contributed by atoms with van der Waals surface area (Å²) in [5.41, 5.74) is 0.944. The maximum absolute atomic E-state index is 12.6. The summed E-state index contributed by atoms with van der Waals surface area (Å²) in [6.45, 7) is 5.22. The Morgan fingerprint density at radius 3 is 2.42 bits per heavy atom.